The van der Waals surface area contributed by atoms with Gasteiger partial charge in [-0.3, -0.25) is 14.5 Å². The molecule has 0 atom stereocenters. The van der Waals surface area contributed by atoms with Gasteiger partial charge in [0.15, 0.2) is 0 Å². The van der Waals surface area contributed by atoms with Gasteiger partial charge in [0.1, 0.15) is 11.9 Å². The summed E-state index contributed by atoms with van der Waals surface area (Å²) in [6, 6.07) is 5.65. The van der Waals surface area contributed by atoms with Crippen LogP contribution in [-0.4, -0.2) is 42.5 Å². The summed E-state index contributed by atoms with van der Waals surface area (Å²) in [4.78, 5) is 21.4. The summed E-state index contributed by atoms with van der Waals surface area (Å²) in [5.74, 6) is -0.442. The largest absolute Gasteiger partial charge is 0.573 e. The second-order valence-corrected chi connectivity index (χ2v) is 6.16. The van der Waals surface area contributed by atoms with Crippen molar-refractivity contribution >= 4 is 5.82 Å². The molecule has 2 aromatic heterocycles. The number of aliphatic hydroxyl groups excluding tert-OH is 1. The van der Waals surface area contributed by atoms with Gasteiger partial charge in [-0.05, 0) is 35.6 Å². The van der Waals surface area contributed by atoms with Crippen LogP contribution in [0.4, 0.5) is 19.0 Å². The third kappa shape index (κ3) is 6.12. The lowest BCUT2D eigenvalue weighted by Crippen LogP contribution is -2.16. The van der Waals surface area contributed by atoms with E-state index in [1.807, 2.05) is 0 Å². The van der Waals surface area contributed by atoms with Crippen LogP contribution in [0.25, 0.3) is 11.3 Å². The third-order valence-electron chi connectivity index (χ3n) is 3.94. The molecule has 0 spiro atoms. The molecule has 1 aliphatic rings. The Bertz CT molecular complexity index is 999. The van der Waals surface area contributed by atoms with Crippen LogP contribution in [0.2, 0.25) is 0 Å². The summed E-state index contributed by atoms with van der Waals surface area (Å²) >= 11 is 0. The number of rotatable bonds is 4. The number of nitrogens with zero attached hydrogens (tertiary/aromatic N) is 5. The van der Waals surface area contributed by atoms with Gasteiger partial charge >= 0.3 is 18.2 Å². The van der Waals surface area contributed by atoms with Gasteiger partial charge in [0.25, 0.3) is 0 Å². The molecule has 0 saturated carbocycles. The number of hydrogen-bond acceptors (Lipinski definition) is 8. The van der Waals surface area contributed by atoms with Gasteiger partial charge in [-0.2, -0.15) is 0 Å². The van der Waals surface area contributed by atoms with Crippen molar-refractivity contribution in [1.29, 1.82) is 0 Å². The van der Waals surface area contributed by atoms with Crippen LogP contribution in [0.1, 0.15) is 12.1 Å². The number of aromatic nitrogens is 4. The van der Waals surface area contributed by atoms with Gasteiger partial charge in [0.2, 0.25) is 0 Å². The number of fused-ring (bicyclic) bond motifs is 1. The smallest absolute Gasteiger partial charge is 0.446 e. The van der Waals surface area contributed by atoms with Gasteiger partial charge < -0.3 is 24.7 Å². The first kappa shape index (κ1) is 22.0. The van der Waals surface area contributed by atoms with Gasteiger partial charge in [-0.15, -0.1) is 13.2 Å². The highest BCUT2D eigenvalue weighted by molar-refractivity contribution is 5.58. The van der Waals surface area contributed by atoms with Crippen molar-refractivity contribution in [2.75, 3.05) is 6.61 Å². The Morgan fingerprint density at radius 1 is 1.23 bits per heavy atom. The van der Waals surface area contributed by atoms with Gasteiger partial charge in [-0.1, -0.05) is 0 Å². The Morgan fingerprint density at radius 3 is 2.52 bits per heavy atom. The average Bonchev–Trinajstić information content (AvgIpc) is 3.19. The molecule has 3 aromatic rings. The quantitative estimate of drug-likeness (QED) is 0.486. The van der Waals surface area contributed by atoms with E-state index >= 15 is 0 Å². The summed E-state index contributed by atoms with van der Waals surface area (Å²) < 4.78 is 46.5. The van der Waals surface area contributed by atoms with E-state index in [0.717, 1.165) is 13.0 Å². The normalized spacial score (nSPS) is 12.8. The Hall–Kier alpha value is -3.74. The summed E-state index contributed by atoms with van der Waals surface area (Å²) in [5.41, 5.74) is 1.52. The minimum atomic E-state index is -4.70. The predicted molar refractivity (Wildman–Crippen MR) is 99.1 cm³/mol. The molecule has 0 bridgehead atoms. The topological polar surface area (TPSA) is 125 Å². The summed E-state index contributed by atoms with van der Waals surface area (Å²) in [5, 5.41) is 19.1. The first-order valence-corrected chi connectivity index (χ1v) is 8.87. The van der Waals surface area contributed by atoms with Crippen LogP contribution in [-0.2, 0) is 13.2 Å². The number of hydrogen-bond donors (Lipinski definition) is 1. The van der Waals surface area contributed by atoms with Gasteiger partial charge in [-0.25, -0.2) is 0 Å². The summed E-state index contributed by atoms with van der Waals surface area (Å²) in [7, 11) is 0. The standard InChI is InChI=1S/C12H9F3N2O2.C6H7N3O3/c13-12(14,15)19-10-3-1-8(2-4-10)11-6-16-9(7-18)5-17-11;10-9(11)5-4-8-2-1-3-12-6(8)7-5/h1-6,18H,7H2;4H,1-3H2. The highest BCUT2D eigenvalue weighted by Gasteiger charge is 2.31. The molecular formula is C18H16F3N5O5. The van der Waals surface area contributed by atoms with E-state index < -0.39 is 11.3 Å². The second-order valence-electron chi connectivity index (χ2n) is 6.16. The first-order valence-electron chi connectivity index (χ1n) is 8.87. The van der Waals surface area contributed by atoms with Crippen molar-refractivity contribution in [3.05, 3.63) is 58.7 Å². The molecule has 1 aliphatic heterocycles. The number of benzene rings is 1. The van der Waals surface area contributed by atoms with E-state index in [4.69, 9.17) is 9.84 Å². The molecule has 0 fully saturated rings. The lowest BCUT2D eigenvalue weighted by atomic mass is 10.1. The minimum absolute atomic E-state index is 0.146. The zero-order valence-corrected chi connectivity index (χ0v) is 15.8. The van der Waals surface area contributed by atoms with E-state index in [-0.39, 0.29) is 18.2 Å². The zero-order valence-electron chi connectivity index (χ0n) is 15.8. The number of imidazole rings is 1. The molecule has 13 heteroatoms. The monoisotopic (exact) mass is 439 g/mol. The van der Waals surface area contributed by atoms with Gasteiger partial charge in [0, 0.05) is 17.1 Å². The summed E-state index contributed by atoms with van der Waals surface area (Å²) in [6.45, 7) is 1.12. The number of halogens is 3. The van der Waals surface area contributed by atoms with Gasteiger partial charge in [0.05, 0.1) is 37.0 Å². The molecule has 1 N–H and O–H groups in total. The van der Waals surface area contributed by atoms with E-state index in [9.17, 15) is 23.3 Å². The highest BCUT2D eigenvalue weighted by atomic mass is 19.4. The van der Waals surface area contributed by atoms with Crippen LogP contribution >= 0.6 is 0 Å². The SMILES string of the molecule is O=[N+]([O-])c1cn2c(n1)OCCC2.OCc1cnc(-c2ccc(OC(F)(F)F)cc2)cn1. The fraction of sp³-hybridized carbons (Fsp3) is 0.278. The number of nitro groups is 1. The van der Waals surface area contributed by atoms with E-state index in [0.29, 0.717) is 29.6 Å². The Kier molecular flexibility index (Phi) is 6.65. The zero-order chi connectivity index (χ0) is 22.4. The molecule has 4 rings (SSSR count). The molecule has 0 radical (unpaired) electrons. The van der Waals surface area contributed by atoms with E-state index in [1.54, 1.807) is 4.57 Å². The highest BCUT2D eigenvalue weighted by Crippen LogP contribution is 2.25. The maximum atomic E-state index is 12.0. The van der Waals surface area contributed by atoms with Crippen molar-refractivity contribution in [2.45, 2.75) is 25.9 Å². The Morgan fingerprint density at radius 2 is 1.97 bits per heavy atom. The molecular weight excluding hydrogens is 423 g/mol. The van der Waals surface area contributed by atoms with Crippen LogP contribution in [0, 0.1) is 10.1 Å². The number of aryl methyl sites for hydroxylation is 1. The van der Waals surface area contributed by atoms with Crippen LogP contribution in [0.3, 0.4) is 0 Å². The number of ether oxygens (including phenoxy) is 2. The number of aliphatic hydroxyl groups is 1. The summed E-state index contributed by atoms with van der Waals surface area (Å²) in [6.07, 6.45) is 0.403. The van der Waals surface area contributed by atoms with Crippen molar-refractivity contribution in [3.63, 3.8) is 0 Å². The van der Waals surface area contributed by atoms with Crippen molar-refractivity contribution < 1.29 is 32.7 Å². The van der Waals surface area contributed by atoms with E-state index in [1.165, 1.54) is 42.9 Å². The molecule has 1 aromatic carbocycles. The molecule has 0 aliphatic carbocycles. The van der Waals surface area contributed by atoms with E-state index in [2.05, 4.69) is 19.7 Å². The molecule has 0 unspecified atom stereocenters. The molecule has 3 heterocycles. The number of alkyl halides is 3. The van der Waals surface area contributed by atoms with Crippen molar-refractivity contribution in [1.82, 2.24) is 19.5 Å². The molecule has 0 saturated heterocycles. The lowest BCUT2D eigenvalue weighted by molar-refractivity contribution is -0.389. The van der Waals surface area contributed by atoms with Crippen LogP contribution < -0.4 is 9.47 Å². The minimum Gasteiger partial charge on any atom is -0.446 e. The first-order chi connectivity index (χ1) is 14.7. The van der Waals surface area contributed by atoms with Crippen LogP contribution in [0.5, 0.6) is 11.8 Å². The predicted octanol–water partition coefficient (Wildman–Crippen LogP) is 3.11. The van der Waals surface area contributed by atoms with Crippen LogP contribution in [0.15, 0.2) is 42.9 Å². The maximum Gasteiger partial charge on any atom is 0.573 e. The van der Waals surface area contributed by atoms with Crippen molar-refractivity contribution in [3.8, 4) is 23.0 Å². The molecule has 10 nitrogen and oxygen atoms in total. The molecule has 0 amide bonds. The average molecular weight is 439 g/mol. The Labute approximate surface area is 173 Å². The maximum absolute atomic E-state index is 12.0. The lowest BCUT2D eigenvalue weighted by Gasteiger charge is -2.09. The third-order valence-corrected chi connectivity index (χ3v) is 3.94. The molecule has 164 valence electrons. The Balaban J connectivity index is 0.000000194. The second kappa shape index (κ2) is 9.38. The van der Waals surface area contributed by atoms with Crippen molar-refractivity contribution in [2.24, 2.45) is 0 Å². The fourth-order valence-electron chi connectivity index (χ4n) is 2.56. The fourth-order valence-corrected chi connectivity index (χ4v) is 2.56. The molecule has 31 heavy (non-hydrogen) atoms.